The summed E-state index contributed by atoms with van der Waals surface area (Å²) in [5.41, 5.74) is 0.572. The van der Waals surface area contributed by atoms with Gasteiger partial charge in [-0.25, -0.2) is 14.6 Å². The van der Waals surface area contributed by atoms with E-state index in [9.17, 15) is 22.8 Å². The lowest BCUT2D eigenvalue weighted by Gasteiger charge is -2.48. The van der Waals surface area contributed by atoms with Gasteiger partial charge in [0, 0.05) is 44.8 Å². The van der Waals surface area contributed by atoms with Gasteiger partial charge in [-0.15, -0.1) is 0 Å². The number of halogens is 4. The Labute approximate surface area is 222 Å². The molecule has 38 heavy (non-hydrogen) atoms. The zero-order valence-corrected chi connectivity index (χ0v) is 22.0. The number of nitrogens with zero attached hydrogens (tertiary/aromatic N) is 5. The van der Waals surface area contributed by atoms with E-state index in [2.05, 4.69) is 20.2 Å². The van der Waals surface area contributed by atoms with Crippen LogP contribution in [0.4, 0.5) is 23.8 Å². The number of amides is 1. The van der Waals surface area contributed by atoms with Crippen LogP contribution >= 0.6 is 11.6 Å². The molecule has 9 nitrogen and oxygen atoms in total. The van der Waals surface area contributed by atoms with Gasteiger partial charge in [-0.3, -0.25) is 9.47 Å². The Kier molecular flexibility index (Phi) is 7.84. The molecule has 1 aliphatic heterocycles. The number of alkyl halides is 3. The lowest BCUT2D eigenvalue weighted by atomic mass is 9.99. The highest BCUT2D eigenvalue weighted by Gasteiger charge is 2.37. The Morgan fingerprint density at radius 2 is 1.87 bits per heavy atom. The van der Waals surface area contributed by atoms with Crippen molar-refractivity contribution in [2.24, 2.45) is 7.05 Å². The third-order valence-corrected chi connectivity index (χ3v) is 7.15. The SMILES string of the molecule is COC(=O)NC[C@@H]1CN(c2nc(=O)n(C)c3ccc(Cl)nc23)[C@@H](C)CN1C(C)c1ccc(C(F)(F)F)cc1. The van der Waals surface area contributed by atoms with E-state index in [-0.39, 0.29) is 29.8 Å². The summed E-state index contributed by atoms with van der Waals surface area (Å²) in [4.78, 5) is 37.4. The molecule has 0 saturated carbocycles. The van der Waals surface area contributed by atoms with Crippen LogP contribution in [0.3, 0.4) is 0 Å². The molecule has 204 valence electrons. The molecule has 1 N–H and O–H groups in total. The number of aryl methyl sites for hydroxylation is 1. The topological polar surface area (TPSA) is 92.6 Å². The molecule has 0 aliphatic carbocycles. The fourth-order valence-corrected chi connectivity index (χ4v) is 4.96. The molecule has 4 rings (SSSR count). The van der Waals surface area contributed by atoms with Gasteiger partial charge in [0.2, 0.25) is 0 Å². The Morgan fingerprint density at radius 1 is 1.18 bits per heavy atom. The van der Waals surface area contributed by atoms with Crippen molar-refractivity contribution in [2.75, 3.05) is 31.6 Å². The first-order chi connectivity index (χ1) is 17.9. The second kappa shape index (κ2) is 10.8. The summed E-state index contributed by atoms with van der Waals surface area (Å²) in [6.07, 6.45) is -5.03. The highest BCUT2D eigenvalue weighted by atomic mass is 35.5. The minimum absolute atomic E-state index is 0.162. The standard InChI is InChI=1S/C25H28ClF3N6O3/c1-14-12-35(15(2)16-5-7-17(8-6-16)25(27,28)29)18(11-30-24(37)38-4)13-34(14)22-21-19(9-10-20(26)31-21)33(3)23(36)32-22/h5-10,14-15,18H,11-13H2,1-4H3,(H,30,37)/t14-,15?,18+/m0/s1. The number of nitrogens with one attached hydrogen (secondary N) is 1. The van der Waals surface area contributed by atoms with Crippen LogP contribution in [0.5, 0.6) is 0 Å². The molecule has 3 heterocycles. The van der Waals surface area contributed by atoms with Gasteiger partial charge in [-0.1, -0.05) is 23.7 Å². The number of hydrogen-bond donors (Lipinski definition) is 1. The third-order valence-electron chi connectivity index (χ3n) is 6.94. The minimum atomic E-state index is -4.42. The highest BCUT2D eigenvalue weighted by molar-refractivity contribution is 6.29. The van der Waals surface area contributed by atoms with E-state index >= 15 is 0 Å². The third kappa shape index (κ3) is 5.56. The van der Waals surface area contributed by atoms with Crippen LogP contribution in [0, 0.1) is 0 Å². The van der Waals surface area contributed by atoms with Crippen molar-refractivity contribution in [3.05, 3.63) is 63.2 Å². The Morgan fingerprint density at radius 3 is 2.50 bits per heavy atom. The van der Waals surface area contributed by atoms with E-state index in [1.807, 2.05) is 18.7 Å². The monoisotopic (exact) mass is 552 g/mol. The normalized spacial score (nSPS) is 19.4. The Balaban J connectivity index is 1.70. The fraction of sp³-hybridized carbons (Fsp3) is 0.440. The number of pyridine rings is 1. The number of piperazine rings is 1. The highest BCUT2D eigenvalue weighted by Crippen LogP contribution is 2.34. The molecule has 1 aliphatic rings. The van der Waals surface area contributed by atoms with Gasteiger partial charge in [0.15, 0.2) is 5.82 Å². The molecule has 2 aromatic heterocycles. The van der Waals surface area contributed by atoms with Crippen molar-refractivity contribution < 1.29 is 22.7 Å². The van der Waals surface area contributed by atoms with E-state index in [0.29, 0.717) is 35.5 Å². The van der Waals surface area contributed by atoms with Crippen molar-refractivity contribution in [1.29, 1.82) is 0 Å². The zero-order valence-electron chi connectivity index (χ0n) is 21.3. The number of ether oxygens (including phenoxy) is 1. The Bertz CT molecular complexity index is 1380. The molecular formula is C25H28ClF3N6O3. The fourth-order valence-electron chi connectivity index (χ4n) is 4.82. The average Bonchev–Trinajstić information content (AvgIpc) is 2.88. The van der Waals surface area contributed by atoms with Gasteiger partial charge in [-0.05, 0) is 43.7 Å². The van der Waals surface area contributed by atoms with Crippen LogP contribution < -0.4 is 15.9 Å². The van der Waals surface area contributed by atoms with Crippen LogP contribution in [0.2, 0.25) is 5.15 Å². The average molecular weight is 553 g/mol. The number of carbonyl (C=O) groups is 1. The molecule has 1 aromatic carbocycles. The maximum Gasteiger partial charge on any atom is 0.416 e. The Hall–Kier alpha value is -3.38. The minimum Gasteiger partial charge on any atom is -0.453 e. The number of benzene rings is 1. The molecule has 3 aromatic rings. The molecule has 0 bridgehead atoms. The van der Waals surface area contributed by atoms with Gasteiger partial charge in [0.05, 0.1) is 18.2 Å². The van der Waals surface area contributed by atoms with Crippen LogP contribution in [-0.2, 0) is 18.0 Å². The maximum absolute atomic E-state index is 13.1. The van der Waals surface area contributed by atoms with E-state index in [1.165, 1.54) is 23.8 Å². The molecule has 1 unspecified atom stereocenters. The van der Waals surface area contributed by atoms with Crippen molar-refractivity contribution in [3.63, 3.8) is 0 Å². The molecule has 0 radical (unpaired) electrons. The first-order valence-corrected chi connectivity index (χ1v) is 12.3. The molecule has 1 amide bonds. The van der Waals surface area contributed by atoms with E-state index in [4.69, 9.17) is 16.3 Å². The van der Waals surface area contributed by atoms with E-state index < -0.39 is 23.5 Å². The summed E-state index contributed by atoms with van der Waals surface area (Å²) in [6.45, 7) is 4.88. The second-order valence-corrected chi connectivity index (χ2v) is 9.69. The van der Waals surface area contributed by atoms with E-state index in [1.54, 1.807) is 19.2 Å². The van der Waals surface area contributed by atoms with Crippen molar-refractivity contribution in [3.8, 4) is 0 Å². The first kappa shape index (κ1) is 27.6. The van der Waals surface area contributed by atoms with Crippen molar-refractivity contribution >= 4 is 34.5 Å². The largest absolute Gasteiger partial charge is 0.453 e. The smallest absolute Gasteiger partial charge is 0.416 e. The van der Waals surface area contributed by atoms with Crippen LogP contribution in [0.15, 0.2) is 41.2 Å². The predicted molar refractivity (Wildman–Crippen MR) is 137 cm³/mol. The van der Waals surface area contributed by atoms with E-state index in [0.717, 1.165) is 12.1 Å². The molecule has 1 fully saturated rings. The van der Waals surface area contributed by atoms with Gasteiger partial charge in [0.1, 0.15) is 10.7 Å². The predicted octanol–water partition coefficient (Wildman–Crippen LogP) is 4.00. The van der Waals surface area contributed by atoms with Gasteiger partial charge in [0.25, 0.3) is 0 Å². The summed E-state index contributed by atoms with van der Waals surface area (Å²) < 4.78 is 45.4. The number of fused-ring (bicyclic) bond motifs is 1. The lowest BCUT2D eigenvalue weighted by molar-refractivity contribution is -0.137. The first-order valence-electron chi connectivity index (χ1n) is 11.9. The second-order valence-electron chi connectivity index (χ2n) is 9.30. The quantitative estimate of drug-likeness (QED) is 0.478. The van der Waals surface area contributed by atoms with Gasteiger partial charge >= 0.3 is 18.0 Å². The number of alkyl carbamates (subject to hydrolysis) is 1. The summed E-state index contributed by atoms with van der Waals surface area (Å²) in [7, 11) is 2.87. The van der Waals surface area contributed by atoms with Crippen molar-refractivity contribution in [2.45, 2.75) is 38.1 Å². The molecule has 0 spiro atoms. The maximum atomic E-state index is 13.1. The van der Waals surface area contributed by atoms with Crippen LogP contribution in [0.1, 0.15) is 31.0 Å². The molecular weight excluding hydrogens is 525 g/mol. The number of anilines is 1. The molecule has 3 atom stereocenters. The van der Waals surface area contributed by atoms with Crippen molar-refractivity contribution in [1.82, 2.24) is 24.8 Å². The number of methoxy groups -OCH3 is 1. The zero-order chi connectivity index (χ0) is 27.8. The van der Waals surface area contributed by atoms with Crippen LogP contribution in [-0.4, -0.2) is 64.4 Å². The van der Waals surface area contributed by atoms with Gasteiger partial charge < -0.3 is 15.0 Å². The summed E-state index contributed by atoms with van der Waals surface area (Å²) in [5, 5.41) is 2.97. The number of rotatable bonds is 5. The summed E-state index contributed by atoms with van der Waals surface area (Å²) in [5.74, 6) is 0.378. The number of aromatic nitrogens is 3. The summed E-state index contributed by atoms with van der Waals surface area (Å²) >= 11 is 6.17. The number of hydrogen-bond acceptors (Lipinski definition) is 7. The summed E-state index contributed by atoms with van der Waals surface area (Å²) in [6, 6.07) is 7.65. The molecule has 13 heteroatoms. The van der Waals surface area contributed by atoms with Crippen LogP contribution in [0.25, 0.3) is 11.0 Å². The van der Waals surface area contributed by atoms with Gasteiger partial charge in [-0.2, -0.15) is 18.2 Å². The molecule has 1 saturated heterocycles. The number of carbonyl (C=O) groups excluding carboxylic acids is 1. The lowest BCUT2D eigenvalue weighted by Crippen LogP contribution is -2.61.